The molecular formula is C22H19F2N3O2. The van der Waals surface area contributed by atoms with Gasteiger partial charge in [0, 0.05) is 41.7 Å². The summed E-state index contributed by atoms with van der Waals surface area (Å²) >= 11 is 0. The summed E-state index contributed by atoms with van der Waals surface area (Å²) < 4.78 is 26.9. The van der Waals surface area contributed by atoms with Crippen molar-refractivity contribution in [2.75, 3.05) is 0 Å². The number of para-hydroxylation sites is 1. The molecule has 3 aromatic rings. The number of nitrogens with one attached hydrogen (secondary N) is 2. The molecule has 1 aromatic carbocycles. The number of rotatable bonds is 4. The molecule has 5 nitrogen and oxygen atoms in total. The Morgan fingerprint density at radius 1 is 1.21 bits per heavy atom. The lowest BCUT2D eigenvalue weighted by atomic mass is 9.90. The first-order valence-electron chi connectivity index (χ1n) is 9.34. The quantitative estimate of drug-likeness (QED) is 0.700. The van der Waals surface area contributed by atoms with Crippen LogP contribution in [0.4, 0.5) is 8.78 Å². The third-order valence-electron chi connectivity index (χ3n) is 4.99. The molecule has 148 valence electrons. The number of amides is 1. The van der Waals surface area contributed by atoms with Gasteiger partial charge in [0.05, 0.1) is 17.6 Å². The highest BCUT2D eigenvalue weighted by Gasteiger charge is 2.31. The molecule has 0 saturated heterocycles. The van der Waals surface area contributed by atoms with Crippen LogP contribution in [-0.2, 0) is 6.54 Å². The van der Waals surface area contributed by atoms with Crippen molar-refractivity contribution >= 4 is 22.4 Å². The Morgan fingerprint density at radius 2 is 2.03 bits per heavy atom. The largest absolute Gasteiger partial charge is 0.346 e. The number of carbonyl (C=O) groups excluding carboxylic acids is 1. The summed E-state index contributed by atoms with van der Waals surface area (Å²) in [4.78, 5) is 30.9. The Bertz CT molecular complexity index is 1170. The number of H-pyrrole nitrogens is 1. The van der Waals surface area contributed by atoms with Crippen molar-refractivity contribution in [2.24, 2.45) is 0 Å². The summed E-state index contributed by atoms with van der Waals surface area (Å²) in [6, 6.07) is 12.0. The van der Waals surface area contributed by atoms with Gasteiger partial charge in [-0.2, -0.15) is 0 Å². The summed E-state index contributed by atoms with van der Waals surface area (Å²) in [5.74, 6) is -2.96. The lowest BCUT2D eigenvalue weighted by Gasteiger charge is -2.22. The normalized spacial score (nSPS) is 15.7. The number of benzene rings is 1. The molecule has 0 spiro atoms. The van der Waals surface area contributed by atoms with E-state index in [-0.39, 0.29) is 30.9 Å². The molecule has 2 heterocycles. The first kappa shape index (κ1) is 19.0. The van der Waals surface area contributed by atoms with Crippen LogP contribution in [0.3, 0.4) is 0 Å². The number of hydrogen-bond donors (Lipinski definition) is 2. The fraction of sp³-hybridized carbons (Fsp3) is 0.227. The molecule has 1 amide bonds. The fourth-order valence-electron chi connectivity index (χ4n) is 3.46. The zero-order chi connectivity index (χ0) is 20.4. The van der Waals surface area contributed by atoms with Crippen LogP contribution in [0.15, 0.2) is 59.5 Å². The van der Waals surface area contributed by atoms with Crippen LogP contribution >= 0.6 is 0 Å². The third kappa shape index (κ3) is 4.23. The van der Waals surface area contributed by atoms with Gasteiger partial charge in [0.15, 0.2) is 0 Å². The van der Waals surface area contributed by atoms with E-state index < -0.39 is 5.92 Å². The van der Waals surface area contributed by atoms with Gasteiger partial charge in [-0.05, 0) is 24.1 Å². The van der Waals surface area contributed by atoms with Gasteiger partial charge in [0.25, 0.3) is 11.8 Å². The summed E-state index contributed by atoms with van der Waals surface area (Å²) in [6.45, 7) is 0.189. The predicted molar refractivity (Wildman–Crippen MR) is 107 cm³/mol. The Kier molecular flexibility index (Phi) is 4.96. The molecule has 0 saturated carbocycles. The van der Waals surface area contributed by atoms with Crippen LogP contribution < -0.4 is 10.9 Å². The summed E-state index contributed by atoms with van der Waals surface area (Å²) in [6.07, 6.45) is 2.93. The average molecular weight is 395 g/mol. The number of fused-ring (bicyclic) bond motifs is 1. The first-order chi connectivity index (χ1) is 13.9. The average Bonchev–Trinajstić information content (AvgIpc) is 2.71. The standard InChI is InChI=1S/C22H19F2N3O2/c23-22(24)9-7-14(8-10-22)18-5-1-3-15-11-16(12-25-20(15)18)21(29)26-13-17-4-2-6-19(28)27-17/h1-7,11-12H,8-10,13H2,(H,26,29)(H,27,28). The van der Waals surface area contributed by atoms with Gasteiger partial charge < -0.3 is 10.3 Å². The molecule has 2 N–H and O–H groups in total. The van der Waals surface area contributed by atoms with Gasteiger partial charge in [0.2, 0.25) is 5.56 Å². The lowest BCUT2D eigenvalue weighted by molar-refractivity contribution is -0.00602. The van der Waals surface area contributed by atoms with Gasteiger partial charge in [-0.1, -0.05) is 30.3 Å². The number of halogens is 2. The molecule has 29 heavy (non-hydrogen) atoms. The van der Waals surface area contributed by atoms with Crippen molar-refractivity contribution in [2.45, 2.75) is 31.7 Å². The molecule has 0 atom stereocenters. The number of hydrogen-bond acceptors (Lipinski definition) is 3. The molecule has 4 rings (SSSR count). The van der Waals surface area contributed by atoms with Crippen molar-refractivity contribution in [3.63, 3.8) is 0 Å². The van der Waals surface area contributed by atoms with Crippen molar-refractivity contribution in [1.29, 1.82) is 0 Å². The van der Waals surface area contributed by atoms with Crippen molar-refractivity contribution in [1.82, 2.24) is 15.3 Å². The Hall–Kier alpha value is -3.35. The van der Waals surface area contributed by atoms with Crippen molar-refractivity contribution in [3.8, 4) is 0 Å². The fourth-order valence-corrected chi connectivity index (χ4v) is 3.46. The third-order valence-corrected chi connectivity index (χ3v) is 4.99. The Balaban J connectivity index is 1.56. The van der Waals surface area contributed by atoms with Gasteiger partial charge in [0.1, 0.15) is 0 Å². The van der Waals surface area contributed by atoms with Crippen LogP contribution in [0, 0.1) is 0 Å². The zero-order valence-electron chi connectivity index (χ0n) is 15.5. The minimum atomic E-state index is -2.64. The second kappa shape index (κ2) is 7.58. The molecule has 1 aliphatic carbocycles. The Morgan fingerprint density at radius 3 is 2.79 bits per heavy atom. The molecule has 7 heteroatoms. The van der Waals surface area contributed by atoms with Gasteiger partial charge in [-0.3, -0.25) is 14.6 Å². The highest BCUT2D eigenvalue weighted by molar-refractivity contribution is 5.99. The minimum Gasteiger partial charge on any atom is -0.346 e. The molecule has 0 aliphatic heterocycles. The summed E-state index contributed by atoms with van der Waals surface area (Å²) in [5.41, 5.74) is 3.13. The van der Waals surface area contributed by atoms with Crippen LogP contribution in [0.2, 0.25) is 0 Å². The number of carbonyl (C=O) groups is 1. The second-order valence-corrected chi connectivity index (χ2v) is 7.11. The van der Waals surface area contributed by atoms with E-state index in [1.165, 1.54) is 12.3 Å². The monoisotopic (exact) mass is 395 g/mol. The van der Waals surface area contributed by atoms with Gasteiger partial charge >= 0.3 is 0 Å². The number of pyridine rings is 2. The zero-order valence-corrected chi connectivity index (χ0v) is 15.5. The van der Waals surface area contributed by atoms with Crippen molar-refractivity contribution in [3.05, 3.63) is 81.9 Å². The number of alkyl halides is 2. The number of aromatic nitrogens is 2. The highest BCUT2D eigenvalue weighted by atomic mass is 19.3. The molecule has 0 fully saturated rings. The SMILES string of the molecule is O=C(NCc1cccc(=O)[nH]1)c1cnc2c(C3=CCC(F)(F)CC3)cccc2c1. The first-order valence-corrected chi connectivity index (χ1v) is 9.34. The maximum absolute atomic E-state index is 13.4. The van der Waals surface area contributed by atoms with E-state index in [0.717, 1.165) is 16.5 Å². The Labute approximate surface area is 165 Å². The maximum Gasteiger partial charge on any atom is 0.253 e. The van der Waals surface area contributed by atoms with E-state index in [9.17, 15) is 18.4 Å². The summed E-state index contributed by atoms with van der Waals surface area (Å²) in [5, 5.41) is 3.52. The van der Waals surface area contributed by atoms with E-state index in [0.29, 0.717) is 23.2 Å². The van der Waals surface area contributed by atoms with Crippen LogP contribution in [0.1, 0.15) is 40.9 Å². The predicted octanol–water partition coefficient (Wildman–Crippen LogP) is 4.06. The van der Waals surface area contributed by atoms with Crippen LogP contribution in [0.5, 0.6) is 0 Å². The number of aromatic amines is 1. The molecular weight excluding hydrogens is 376 g/mol. The van der Waals surface area contributed by atoms with E-state index >= 15 is 0 Å². The van der Waals surface area contributed by atoms with Crippen LogP contribution in [0.25, 0.3) is 16.5 Å². The topological polar surface area (TPSA) is 74.8 Å². The highest BCUT2D eigenvalue weighted by Crippen LogP contribution is 2.37. The molecule has 0 bridgehead atoms. The lowest BCUT2D eigenvalue weighted by Crippen LogP contribution is -2.24. The van der Waals surface area contributed by atoms with Gasteiger partial charge in [-0.15, -0.1) is 0 Å². The molecule has 0 unspecified atom stereocenters. The molecule has 0 radical (unpaired) electrons. The van der Waals surface area contributed by atoms with E-state index in [1.54, 1.807) is 24.3 Å². The van der Waals surface area contributed by atoms with Crippen molar-refractivity contribution < 1.29 is 13.6 Å². The number of allylic oxidation sites excluding steroid dienone is 2. The van der Waals surface area contributed by atoms with E-state index in [4.69, 9.17) is 0 Å². The van der Waals surface area contributed by atoms with Crippen LogP contribution in [-0.4, -0.2) is 21.8 Å². The molecule has 2 aromatic heterocycles. The minimum absolute atomic E-state index is 0.169. The van der Waals surface area contributed by atoms with Gasteiger partial charge in [-0.25, -0.2) is 8.78 Å². The summed E-state index contributed by atoms with van der Waals surface area (Å²) in [7, 11) is 0. The molecule has 1 aliphatic rings. The number of nitrogens with zero attached hydrogens (tertiary/aromatic N) is 1. The second-order valence-electron chi connectivity index (χ2n) is 7.11. The van der Waals surface area contributed by atoms with E-state index in [1.807, 2.05) is 18.2 Å². The smallest absolute Gasteiger partial charge is 0.253 e. The van der Waals surface area contributed by atoms with E-state index in [2.05, 4.69) is 15.3 Å². The maximum atomic E-state index is 13.4.